The zero-order valence-electron chi connectivity index (χ0n) is 16.3. The van der Waals surface area contributed by atoms with Gasteiger partial charge in [0.2, 0.25) is 0 Å². The second-order valence-corrected chi connectivity index (χ2v) is 6.97. The van der Waals surface area contributed by atoms with Crippen molar-refractivity contribution in [1.82, 2.24) is 14.9 Å². The molecule has 30 heavy (non-hydrogen) atoms. The zero-order valence-corrected chi connectivity index (χ0v) is 16.3. The van der Waals surface area contributed by atoms with E-state index in [1.807, 2.05) is 0 Å². The Morgan fingerprint density at radius 2 is 2.07 bits per heavy atom. The Morgan fingerprint density at radius 3 is 2.73 bits per heavy atom. The molecule has 1 fully saturated rings. The number of hydrogen-bond donors (Lipinski definition) is 4. The summed E-state index contributed by atoms with van der Waals surface area (Å²) in [6.45, 7) is 1.28. The molecule has 2 aromatic rings. The van der Waals surface area contributed by atoms with Gasteiger partial charge in [0, 0.05) is 11.8 Å². The number of aromatic nitrogens is 2. The molecule has 4 atom stereocenters. The minimum Gasteiger partial charge on any atom is -0.496 e. The van der Waals surface area contributed by atoms with Crippen LogP contribution in [0.3, 0.4) is 0 Å². The average Bonchev–Trinajstić information content (AvgIpc) is 2.69. The van der Waals surface area contributed by atoms with Crippen LogP contribution in [0.25, 0.3) is 0 Å². The number of methoxy groups -OCH3 is 1. The van der Waals surface area contributed by atoms with E-state index in [2.05, 4.69) is 10.3 Å². The minimum atomic E-state index is -1.43. The van der Waals surface area contributed by atoms with Gasteiger partial charge in [-0.2, -0.15) is 0 Å². The lowest BCUT2D eigenvalue weighted by molar-refractivity contribution is -0.152. The van der Waals surface area contributed by atoms with Gasteiger partial charge in [0.05, 0.1) is 31.9 Å². The molecule has 1 amide bonds. The second kappa shape index (κ2) is 8.78. The number of nitrogens with one attached hydrogen (secondary N) is 2. The zero-order chi connectivity index (χ0) is 22.0. The summed E-state index contributed by atoms with van der Waals surface area (Å²) in [6.07, 6.45) is -3.80. The number of benzene rings is 1. The number of hydrogen-bond acceptors (Lipinski definition) is 7. The van der Waals surface area contributed by atoms with Gasteiger partial charge >= 0.3 is 5.69 Å². The topological polar surface area (TPSA) is 143 Å². The van der Waals surface area contributed by atoms with E-state index in [0.717, 1.165) is 12.1 Å². The van der Waals surface area contributed by atoms with Gasteiger partial charge in [-0.15, -0.1) is 0 Å². The molecule has 1 aliphatic rings. The van der Waals surface area contributed by atoms with Crippen molar-refractivity contribution in [2.75, 3.05) is 13.7 Å². The summed E-state index contributed by atoms with van der Waals surface area (Å²) in [5, 5.41) is 23.4. The molecule has 0 radical (unpaired) electrons. The lowest BCUT2D eigenvalue weighted by atomic mass is 9.97. The standard InChI is InChI=1S/C19H22FN3O7/c1-9-5-15(24)22-19(28)23(9)7-14-17(26)16(25)12(8-30-14)21-18(27)11-6-10(20)3-4-13(11)29-2/h3-6,12,14,16-17,25-26H,7-8H2,1-2H3,(H,21,27)(H,22,24,28)/t12-,14-,16+,17-/m1/s1. The van der Waals surface area contributed by atoms with Gasteiger partial charge in [-0.3, -0.25) is 19.1 Å². The highest BCUT2D eigenvalue weighted by atomic mass is 19.1. The maximum absolute atomic E-state index is 13.5. The van der Waals surface area contributed by atoms with E-state index < -0.39 is 47.3 Å². The Kier molecular flexibility index (Phi) is 6.34. The number of H-pyrrole nitrogens is 1. The molecule has 0 spiro atoms. The molecule has 10 nitrogen and oxygen atoms in total. The van der Waals surface area contributed by atoms with Crippen LogP contribution >= 0.6 is 0 Å². The van der Waals surface area contributed by atoms with E-state index in [1.54, 1.807) is 6.92 Å². The first-order valence-electron chi connectivity index (χ1n) is 9.14. The lowest BCUT2D eigenvalue weighted by Crippen LogP contribution is -2.60. The summed E-state index contributed by atoms with van der Waals surface area (Å²) in [5.74, 6) is -1.20. The number of carbonyl (C=O) groups excluding carboxylic acids is 1. The normalized spacial score (nSPS) is 23.8. The average molecular weight is 423 g/mol. The number of aryl methyl sites for hydroxylation is 1. The van der Waals surface area contributed by atoms with Crippen LogP contribution in [0.1, 0.15) is 16.1 Å². The monoisotopic (exact) mass is 423 g/mol. The van der Waals surface area contributed by atoms with Crippen molar-refractivity contribution in [3.8, 4) is 5.75 Å². The number of halogens is 1. The summed E-state index contributed by atoms with van der Waals surface area (Å²) in [7, 11) is 1.33. The third-order valence-electron chi connectivity index (χ3n) is 4.96. The van der Waals surface area contributed by atoms with E-state index in [9.17, 15) is 29.0 Å². The van der Waals surface area contributed by atoms with E-state index in [4.69, 9.17) is 9.47 Å². The smallest absolute Gasteiger partial charge is 0.328 e. The Bertz CT molecular complexity index is 1050. The minimum absolute atomic E-state index is 0.0725. The third-order valence-corrected chi connectivity index (χ3v) is 4.96. The van der Waals surface area contributed by atoms with Gasteiger partial charge in [-0.25, -0.2) is 9.18 Å². The van der Waals surface area contributed by atoms with Crippen molar-refractivity contribution in [2.45, 2.75) is 37.8 Å². The number of aliphatic hydroxyl groups is 2. The highest BCUT2D eigenvalue weighted by Gasteiger charge is 2.39. The SMILES string of the molecule is COc1ccc(F)cc1C(=O)N[C@@H]1CO[C@H](Cn2c(C)cc(=O)[nH]c2=O)[C@@H](O)[C@H]1O. The molecule has 11 heteroatoms. The Labute approximate surface area is 169 Å². The first kappa shape index (κ1) is 21.7. The molecule has 3 rings (SSSR count). The van der Waals surface area contributed by atoms with Gasteiger partial charge in [0.25, 0.3) is 11.5 Å². The van der Waals surface area contributed by atoms with Crippen molar-refractivity contribution >= 4 is 5.91 Å². The predicted molar refractivity (Wildman–Crippen MR) is 102 cm³/mol. The lowest BCUT2D eigenvalue weighted by Gasteiger charge is -2.38. The van der Waals surface area contributed by atoms with Gasteiger partial charge < -0.3 is 25.0 Å². The van der Waals surface area contributed by atoms with Crippen LogP contribution in [0, 0.1) is 12.7 Å². The van der Waals surface area contributed by atoms with E-state index in [-0.39, 0.29) is 24.5 Å². The Morgan fingerprint density at radius 1 is 1.33 bits per heavy atom. The summed E-state index contributed by atoms with van der Waals surface area (Å²) in [6, 6.07) is 3.68. The number of carbonyl (C=O) groups is 1. The second-order valence-electron chi connectivity index (χ2n) is 6.97. The van der Waals surface area contributed by atoms with Gasteiger partial charge in [-0.05, 0) is 25.1 Å². The highest BCUT2D eigenvalue weighted by Crippen LogP contribution is 2.21. The molecule has 0 bridgehead atoms. The maximum atomic E-state index is 13.5. The van der Waals surface area contributed by atoms with Gasteiger partial charge in [0.15, 0.2) is 0 Å². The van der Waals surface area contributed by atoms with Gasteiger partial charge in [0.1, 0.15) is 29.9 Å². The van der Waals surface area contributed by atoms with Crippen LogP contribution in [0.5, 0.6) is 5.75 Å². The quantitative estimate of drug-likeness (QED) is 0.479. The molecule has 0 aliphatic carbocycles. The van der Waals surface area contributed by atoms with Crippen LogP contribution in [-0.2, 0) is 11.3 Å². The molecule has 2 heterocycles. The first-order valence-corrected chi connectivity index (χ1v) is 9.14. The largest absolute Gasteiger partial charge is 0.496 e. The van der Waals surface area contributed by atoms with Crippen molar-refractivity contribution in [1.29, 1.82) is 0 Å². The van der Waals surface area contributed by atoms with Gasteiger partial charge in [-0.1, -0.05) is 0 Å². The van der Waals surface area contributed by atoms with Crippen LogP contribution in [0.2, 0.25) is 0 Å². The molecular weight excluding hydrogens is 401 g/mol. The molecular formula is C19H22FN3O7. The molecule has 0 saturated carbocycles. The Hall–Kier alpha value is -3.02. The van der Waals surface area contributed by atoms with Crippen LogP contribution in [0.4, 0.5) is 4.39 Å². The highest BCUT2D eigenvalue weighted by molar-refractivity contribution is 5.97. The fourth-order valence-electron chi connectivity index (χ4n) is 3.32. The Balaban J connectivity index is 1.71. The summed E-state index contributed by atoms with van der Waals surface area (Å²) >= 11 is 0. The number of amides is 1. The molecule has 1 saturated heterocycles. The van der Waals surface area contributed by atoms with Crippen LogP contribution < -0.4 is 21.3 Å². The van der Waals surface area contributed by atoms with Crippen molar-refractivity contribution in [2.24, 2.45) is 0 Å². The number of aromatic amines is 1. The fourth-order valence-corrected chi connectivity index (χ4v) is 3.32. The number of ether oxygens (including phenoxy) is 2. The molecule has 1 aliphatic heterocycles. The number of rotatable bonds is 5. The van der Waals surface area contributed by atoms with E-state index in [1.165, 1.54) is 23.8 Å². The predicted octanol–water partition coefficient (Wildman–Crippen LogP) is -1.09. The summed E-state index contributed by atoms with van der Waals surface area (Å²) in [5.41, 5.74) is -0.923. The molecule has 162 valence electrons. The molecule has 0 unspecified atom stereocenters. The van der Waals surface area contributed by atoms with Crippen molar-refractivity contribution < 1.29 is 28.9 Å². The fraction of sp³-hybridized carbons (Fsp3) is 0.421. The molecule has 1 aromatic carbocycles. The van der Waals surface area contributed by atoms with Crippen molar-refractivity contribution in [3.63, 3.8) is 0 Å². The van der Waals surface area contributed by atoms with Crippen LogP contribution in [0.15, 0.2) is 33.9 Å². The first-order chi connectivity index (χ1) is 14.2. The van der Waals surface area contributed by atoms with E-state index in [0.29, 0.717) is 5.69 Å². The van der Waals surface area contributed by atoms with Crippen LogP contribution in [-0.4, -0.2) is 63.7 Å². The number of nitrogens with zero attached hydrogens (tertiary/aromatic N) is 1. The number of aliphatic hydroxyl groups excluding tert-OH is 2. The van der Waals surface area contributed by atoms with E-state index >= 15 is 0 Å². The summed E-state index contributed by atoms with van der Waals surface area (Å²) < 4.78 is 25.3. The molecule has 1 aromatic heterocycles. The van der Waals surface area contributed by atoms with Crippen molar-refractivity contribution in [3.05, 3.63) is 62.2 Å². The molecule has 4 N–H and O–H groups in total. The third kappa shape index (κ3) is 4.42. The maximum Gasteiger partial charge on any atom is 0.328 e. The summed E-state index contributed by atoms with van der Waals surface area (Å²) in [4.78, 5) is 37.9.